The first-order valence-electron chi connectivity index (χ1n) is 7.48. The Labute approximate surface area is 124 Å². The SMILES string of the molecule is Cn1cc(CC(=O)NC(C)(CO)C2CC2)c2ccccc21. The molecular weight excluding hydrogens is 264 g/mol. The lowest BCUT2D eigenvalue weighted by molar-refractivity contribution is -0.123. The standard InChI is InChI=1S/C17H22N2O2/c1-17(11-20,13-7-8-13)18-16(21)9-12-10-19(2)15-6-4-3-5-14(12)15/h3-6,10,13,20H,7-9,11H2,1-2H3,(H,18,21). The monoisotopic (exact) mass is 286 g/mol. The van der Waals surface area contributed by atoms with Gasteiger partial charge in [0.05, 0.1) is 18.6 Å². The van der Waals surface area contributed by atoms with Crippen LogP contribution in [0.5, 0.6) is 0 Å². The molecule has 2 aromatic rings. The molecule has 0 saturated heterocycles. The summed E-state index contributed by atoms with van der Waals surface area (Å²) in [7, 11) is 1.99. The van der Waals surface area contributed by atoms with Gasteiger partial charge < -0.3 is 15.0 Å². The van der Waals surface area contributed by atoms with Crippen molar-refractivity contribution in [1.29, 1.82) is 0 Å². The zero-order valence-electron chi connectivity index (χ0n) is 12.6. The molecule has 0 aliphatic heterocycles. The van der Waals surface area contributed by atoms with Crippen LogP contribution in [-0.4, -0.2) is 27.7 Å². The Hall–Kier alpha value is -1.81. The molecule has 1 atom stereocenters. The van der Waals surface area contributed by atoms with E-state index in [2.05, 4.69) is 11.4 Å². The van der Waals surface area contributed by atoms with Crippen LogP contribution in [0.3, 0.4) is 0 Å². The van der Waals surface area contributed by atoms with Gasteiger partial charge in [0.15, 0.2) is 0 Å². The van der Waals surface area contributed by atoms with Gasteiger partial charge in [-0.1, -0.05) is 18.2 Å². The van der Waals surface area contributed by atoms with E-state index in [0.29, 0.717) is 12.3 Å². The fourth-order valence-electron chi connectivity index (χ4n) is 3.09. The zero-order chi connectivity index (χ0) is 15.0. The molecular formula is C17H22N2O2. The molecule has 112 valence electrons. The van der Waals surface area contributed by atoms with Crippen LogP contribution in [-0.2, 0) is 18.3 Å². The third-order valence-electron chi connectivity index (χ3n) is 4.56. The molecule has 1 amide bonds. The van der Waals surface area contributed by atoms with Crippen molar-refractivity contribution in [1.82, 2.24) is 9.88 Å². The molecule has 0 radical (unpaired) electrons. The van der Waals surface area contributed by atoms with E-state index >= 15 is 0 Å². The first-order valence-corrected chi connectivity index (χ1v) is 7.48. The number of aliphatic hydroxyl groups is 1. The van der Waals surface area contributed by atoms with Crippen LogP contribution in [0.2, 0.25) is 0 Å². The third-order valence-corrected chi connectivity index (χ3v) is 4.56. The highest BCUT2D eigenvalue weighted by Gasteiger charge is 2.42. The number of hydrogen-bond acceptors (Lipinski definition) is 2. The predicted octanol–water partition coefficient (Wildman–Crippen LogP) is 2.00. The number of para-hydroxylation sites is 1. The maximum Gasteiger partial charge on any atom is 0.225 e. The van der Waals surface area contributed by atoms with Gasteiger partial charge in [-0.05, 0) is 37.3 Å². The predicted molar refractivity (Wildman–Crippen MR) is 83.0 cm³/mol. The summed E-state index contributed by atoms with van der Waals surface area (Å²) in [6, 6.07) is 8.09. The number of benzene rings is 1. The van der Waals surface area contributed by atoms with Gasteiger partial charge in [-0.2, -0.15) is 0 Å². The van der Waals surface area contributed by atoms with E-state index < -0.39 is 5.54 Å². The molecule has 1 fully saturated rings. The number of rotatable bonds is 5. The molecule has 0 bridgehead atoms. The van der Waals surface area contributed by atoms with Crippen molar-refractivity contribution in [3.63, 3.8) is 0 Å². The second kappa shape index (κ2) is 5.19. The smallest absolute Gasteiger partial charge is 0.225 e. The molecule has 4 nitrogen and oxygen atoms in total. The summed E-state index contributed by atoms with van der Waals surface area (Å²) in [5, 5.41) is 13.7. The van der Waals surface area contributed by atoms with E-state index in [1.165, 1.54) is 0 Å². The molecule has 1 heterocycles. The average molecular weight is 286 g/mol. The molecule has 1 aromatic heterocycles. The van der Waals surface area contributed by atoms with E-state index in [1.807, 2.05) is 42.9 Å². The van der Waals surface area contributed by atoms with Gasteiger partial charge in [0.25, 0.3) is 0 Å². The topological polar surface area (TPSA) is 54.3 Å². The first kappa shape index (κ1) is 14.1. The Kier molecular flexibility index (Phi) is 3.49. The number of nitrogens with one attached hydrogen (secondary N) is 1. The number of carbonyl (C=O) groups excluding carboxylic acids is 1. The third kappa shape index (κ3) is 2.68. The molecule has 1 unspecified atom stereocenters. The lowest BCUT2D eigenvalue weighted by Crippen LogP contribution is -2.51. The van der Waals surface area contributed by atoms with Crippen LogP contribution < -0.4 is 5.32 Å². The van der Waals surface area contributed by atoms with E-state index in [1.54, 1.807) is 0 Å². The fraction of sp³-hybridized carbons (Fsp3) is 0.471. The van der Waals surface area contributed by atoms with Gasteiger partial charge in [0.1, 0.15) is 0 Å². The van der Waals surface area contributed by atoms with Crippen LogP contribution in [0.4, 0.5) is 0 Å². The van der Waals surface area contributed by atoms with Gasteiger partial charge in [-0.3, -0.25) is 4.79 Å². The van der Waals surface area contributed by atoms with Crippen molar-refractivity contribution in [2.24, 2.45) is 13.0 Å². The summed E-state index contributed by atoms with van der Waals surface area (Å²) in [6.45, 7) is 1.94. The van der Waals surface area contributed by atoms with E-state index in [4.69, 9.17) is 0 Å². The second-order valence-corrected chi connectivity index (χ2v) is 6.36. The highest BCUT2D eigenvalue weighted by Crippen LogP contribution is 2.39. The quantitative estimate of drug-likeness (QED) is 0.883. The molecule has 1 saturated carbocycles. The lowest BCUT2D eigenvalue weighted by atomic mass is 9.96. The molecule has 0 spiro atoms. The van der Waals surface area contributed by atoms with Crippen LogP contribution in [0.15, 0.2) is 30.5 Å². The Balaban J connectivity index is 1.77. The van der Waals surface area contributed by atoms with Gasteiger partial charge in [0, 0.05) is 24.1 Å². The van der Waals surface area contributed by atoms with Gasteiger partial charge in [-0.15, -0.1) is 0 Å². The van der Waals surface area contributed by atoms with Crippen molar-refractivity contribution in [2.75, 3.05) is 6.61 Å². The van der Waals surface area contributed by atoms with Crippen molar-refractivity contribution in [3.05, 3.63) is 36.0 Å². The van der Waals surface area contributed by atoms with Crippen molar-refractivity contribution < 1.29 is 9.90 Å². The Morgan fingerprint density at radius 2 is 2.14 bits per heavy atom. The summed E-state index contributed by atoms with van der Waals surface area (Å²) >= 11 is 0. The molecule has 21 heavy (non-hydrogen) atoms. The van der Waals surface area contributed by atoms with E-state index in [0.717, 1.165) is 29.3 Å². The highest BCUT2D eigenvalue weighted by atomic mass is 16.3. The normalized spacial score (nSPS) is 17.7. The molecule has 1 aromatic carbocycles. The highest BCUT2D eigenvalue weighted by molar-refractivity contribution is 5.89. The molecule has 1 aliphatic rings. The maximum absolute atomic E-state index is 12.3. The van der Waals surface area contributed by atoms with Gasteiger partial charge in [-0.25, -0.2) is 0 Å². The molecule has 3 rings (SSSR count). The molecule has 4 heteroatoms. The largest absolute Gasteiger partial charge is 0.394 e. The number of aryl methyl sites for hydroxylation is 1. The minimum Gasteiger partial charge on any atom is -0.394 e. The maximum atomic E-state index is 12.3. The van der Waals surface area contributed by atoms with E-state index in [-0.39, 0.29) is 12.5 Å². The summed E-state index contributed by atoms with van der Waals surface area (Å²) in [6.07, 6.45) is 4.54. The molecule has 1 aliphatic carbocycles. The fourth-order valence-corrected chi connectivity index (χ4v) is 3.09. The number of carbonyl (C=O) groups is 1. The zero-order valence-corrected chi connectivity index (χ0v) is 12.6. The minimum absolute atomic E-state index is 0.00105. The van der Waals surface area contributed by atoms with Crippen molar-refractivity contribution >= 4 is 16.8 Å². The number of nitrogens with zero attached hydrogens (tertiary/aromatic N) is 1. The number of aliphatic hydroxyl groups excluding tert-OH is 1. The van der Waals surface area contributed by atoms with Crippen LogP contribution in [0.1, 0.15) is 25.3 Å². The van der Waals surface area contributed by atoms with Crippen molar-refractivity contribution in [3.8, 4) is 0 Å². The summed E-state index contributed by atoms with van der Waals surface area (Å²) < 4.78 is 2.05. The Bertz CT molecular complexity index is 672. The lowest BCUT2D eigenvalue weighted by Gasteiger charge is -2.28. The van der Waals surface area contributed by atoms with Crippen LogP contribution in [0, 0.1) is 5.92 Å². The van der Waals surface area contributed by atoms with E-state index in [9.17, 15) is 9.90 Å². The van der Waals surface area contributed by atoms with Crippen LogP contribution in [0.25, 0.3) is 10.9 Å². The number of aromatic nitrogens is 1. The Morgan fingerprint density at radius 3 is 2.81 bits per heavy atom. The average Bonchev–Trinajstić information content (AvgIpc) is 3.27. The number of hydrogen-bond donors (Lipinski definition) is 2. The number of fused-ring (bicyclic) bond motifs is 1. The second-order valence-electron chi connectivity index (χ2n) is 6.36. The summed E-state index contributed by atoms with van der Waals surface area (Å²) in [5.74, 6) is 0.397. The summed E-state index contributed by atoms with van der Waals surface area (Å²) in [5.41, 5.74) is 1.69. The van der Waals surface area contributed by atoms with Gasteiger partial charge in [0.2, 0.25) is 5.91 Å². The summed E-state index contributed by atoms with van der Waals surface area (Å²) in [4.78, 5) is 12.3. The van der Waals surface area contributed by atoms with Crippen molar-refractivity contribution in [2.45, 2.75) is 31.7 Å². The molecule has 2 N–H and O–H groups in total. The van der Waals surface area contributed by atoms with Crippen LogP contribution >= 0.6 is 0 Å². The minimum atomic E-state index is -0.471. The first-order chi connectivity index (χ1) is 10.0. The number of amides is 1. The van der Waals surface area contributed by atoms with Gasteiger partial charge >= 0.3 is 0 Å². The Morgan fingerprint density at radius 1 is 1.43 bits per heavy atom.